The molecule has 1 aliphatic heterocycles. The highest BCUT2D eigenvalue weighted by molar-refractivity contribution is 6.06. The van der Waals surface area contributed by atoms with Crippen LogP contribution in [0.2, 0.25) is 0 Å². The van der Waals surface area contributed by atoms with Gasteiger partial charge in [0.2, 0.25) is 0 Å². The van der Waals surface area contributed by atoms with Crippen LogP contribution in [0.25, 0.3) is 0 Å². The minimum Gasteiger partial charge on any atom is -0.492 e. The van der Waals surface area contributed by atoms with Gasteiger partial charge >= 0.3 is 6.03 Å². The Hall–Kier alpha value is -2.08. The Morgan fingerprint density at radius 1 is 1.24 bits per heavy atom. The number of urea groups is 1. The van der Waals surface area contributed by atoms with Gasteiger partial charge in [-0.3, -0.25) is 9.69 Å². The molecule has 0 unspecified atom stereocenters. The number of ether oxygens (including phenoxy) is 1. The van der Waals surface area contributed by atoms with Gasteiger partial charge in [-0.1, -0.05) is 12.1 Å². The third kappa shape index (κ3) is 3.52. The molecule has 6 nitrogen and oxygen atoms in total. The number of carbonyl (C=O) groups is 2. The van der Waals surface area contributed by atoms with E-state index in [1.807, 2.05) is 31.3 Å². The fraction of sp³-hybridized carbons (Fsp3) is 0.467. The first kappa shape index (κ1) is 15.3. The Bertz CT molecular complexity index is 525. The monoisotopic (exact) mass is 291 g/mol. The molecule has 2 rings (SSSR count). The highest BCUT2D eigenvalue weighted by Gasteiger charge is 2.43. The molecule has 0 saturated carbocycles. The summed E-state index contributed by atoms with van der Waals surface area (Å²) in [4.78, 5) is 24.9. The van der Waals surface area contributed by atoms with E-state index in [4.69, 9.17) is 4.74 Å². The van der Waals surface area contributed by atoms with Crippen molar-refractivity contribution in [2.75, 3.05) is 20.2 Å². The number of nitrogens with one attached hydrogen (secondary N) is 2. The lowest BCUT2D eigenvalue weighted by Gasteiger charge is -2.16. The molecule has 0 spiro atoms. The second kappa shape index (κ2) is 6.13. The number of nitrogens with zero attached hydrogens (tertiary/aromatic N) is 1. The first-order valence-electron chi connectivity index (χ1n) is 6.94. The molecule has 3 amide bonds. The summed E-state index contributed by atoms with van der Waals surface area (Å²) in [5.74, 6) is 0.502. The largest absolute Gasteiger partial charge is 0.492 e. The average Bonchev–Trinajstić information content (AvgIpc) is 2.63. The van der Waals surface area contributed by atoms with Gasteiger partial charge in [-0.2, -0.15) is 0 Å². The van der Waals surface area contributed by atoms with Crippen molar-refractivity contribution in [1.82, 2.24) is 15.5 Å². The molecule has 1 heterocycles. The molecule has 6 heteroatoms. The Kier molecular flexibility index (Phi) is 4.47. The minimum atomic E-state index is -0.827. The van der Waals surface area contributed by atoms with Gasteiger partial charge in [0.25, 0.3) is 5.91 Å². The van der Waals surface area contributed by atoms with Crippen LogP contribution in [0.15, 0.2) is 24.3 Å². The van der Waals surface area contributed by atoms with Gasteiger partial charge < -0.3 is 15.4 Å². The van der Waals surface area contributed by atoms with Crippen molar-refractivity contribution in [2.45, 2.75) is 25.9 Å². The van der Waals surface area contributed by atoms with Crippen LogP contribution in [0.5, 0.6) is 5.75 Å². The van der Waals surface area contributed by atoms with Crippen LogP contribution in [0.4, 0.5) is 4.79 Å². The zero-order valence-electron chi connectivity index (χ0n) is 12.6. The molecule has 1 saturated heterocycles. The van der Waals surface area contributed by atoms with Crippen molar-refractivity contribution in [2.24, 2.45) is 0 Å². The minimum absolute atomic E-state index is 0.222. The maximum atomic E-state index is 12.0. The molecular weight excluding hydrogens is 270 g/mol. The smallest absolute Gasteiger partial charge is 0.325 e. The van der Waals surface area contributed by atoms with E-state index in [1.165, 1.54) is 10.5 Å². The predicted molar refractivity (Wildman–Crippen MR) is 79.0 cm³/mol. The number of hydrogen-bond acceptors (Lipinski definition) is 4. The van der Waals surface area contributed by atoms with Crippen LogP contribution < -0.4 is 15.4 Å². The van der Waals surface area contributed by atoms with Crippen LogP contribution in [-0.2, 0) is 11.3 Å². The fourth-order valence-electron chi connectivity index (χ4n) is 2.18. The van der Waals surface area contributed by atoms with Gasteiger partial charge in [0, 0.05) is 6.54 Å². The van der Waals surface area contributed by atoms with Gasteiger partial charge in [0.1, 0.15) is 17.9 Å². The van der Waals surface area contributed by atoms with E-state index in [2.05, 4.69) is 10.6 Å². The molecule has 0 atom stereocenters. The summed E-state index contributed by atoms with van der Waals surface area (Å²) in [5, 5.41) is 5.71. The second-order valence-corrected chi connectivity index (χ2v) is 5.53. The Balaban J connectivity index is 1.84. The van der Waals surface area contributed by atoms with Crippen LogP contribution in [0.3, 0.4) is 0 Å². The lowest BCUT2D eigenvalue weighted by Crippen LogP contribution is -2.40. The third-order valence-corrected chi connectivity index (χ3v) is 3.33. The summed E-state index contributed by atoms with van der Waals surface area (Å²) in [6.45, 7) is 4.70. The van der Waals surface area contributed by atoms with Gasteiger partial charge in [-0.05, 0) is 38.6 Å². The molecule has 114 valence electrons. The van der Waals surface area contributed by atoms with E-state index in [1.54, 1.807) is 13.8 Å². The highest BCUT2D eigenvalue weighted by Crippen LogP contribution is 2.17. The standard InChI is InChI=1S/C15H21N3O3/c1-15(2)13(19)18(14(20)17-15)8-9-21-12-6-4-11(5-7-12)10-16-3/h4-7,16H,8-10H2,1-3H3,(H,17,20). The molecule has 2 N–H and O–H groups in total. The first-order valence-corrected chi connectivity index (χ1v) is 6.94. The molecular formula is C15H21N3O3. The summed E-state index contributed by atoms with van der Waals surface area (Å²) >= 11 is 0. The second-order valence-electron chi connectivity index (χ2n) is 5.53. The average molecular weight is 291 g/mol. The molecule has 1 aromatic carbocycles. The third-order valence-electron chi connectivity index (χ3n) is 3.33. The molecule has 0 radical (unpaired) electrons. The summed E-state index contributed by atoms with van der Waals surface area (Å²) in [7, 11) is 1.89. The topological polar surface area (TPSA) is 70.7 Å². The van der Waals surface area contributed by atoms with E-state index in [0.29, 0.717) is 0 Å². The normalized spacial score (nSPS) is 17.0. The summed E-state index contributed by atoms with van der Waals surface area (Å²) in [6, 6.07) is 7.34. The number of amides is 3. The zero-order chi connectivity index (χ0) is 15.5. The molecule has 0 bridgehead atoms. The van der Waals surface area contributed by atoms with E-state index < -0.39 is 5.54 Å². The molecule has 1 fully saturated rings. The Labute approximate surface area is 124 Å². The summed E-state index contributed by atoms with van der Waals surface area (Å²) < 4.78 is 5.57. The molecule has 0 aliphatic carbocycles. The van der Waals surface area contributed by atoms with Gasteiger partial charge in [0.05, 0.1) is 6.54 Å². The fourth-order valence-corrected chi connectivity index (χ4v) is 2.18. The van der Waals surface area contributed by atoms with Crippen LogP contribution in [-0.4, -0.2) is 42.6 Å². The van der Waals surface area contributed by atoms with Gasteiger partial charge in [-0.25, -0.2) is 4.79 Å². The molecule has 1 aliphatic rings. The Morgan fingerprint density at radius 3 is 2.43 bits per heavy atom. The number of rotatable bonds is 6. The number of carbonyl (C=O) groups excluding carboxylic acids is 2. The lowest BCUT2D eigenvalue weighted by atomic mass is 10.1. The van der Waals surface area contributed by atoms with Crippen molar-refractivity contribution in [3.05, 3.63) is 29.8 Å². The summed E-state index contributed by atoms with van der Waals surface area (Å²) in [5.41, 5.74) is 0.340. The van der Waals surface area contributed by atoms with Gasteiger partial charge in [0.15, 0.2) is 0 Å². The van der Waals surface area contributed by atoms with Crippen LogP contribution >= 0.6 is 0 Å². The van der Waals surface area contributed by atoms with Crippen molar-refractivity contribution in [1.29, 1.82) is 0 Å². The van der Waals surface area contributed by atoms with Crippen molar-refractivity contribution in [3.63, 3.8) is 0 Å². The van der Waals surface area contributed by atoms with Crippen molar-refractivity contribution >= 4 is 11.9 Å². The van der Waals surface area contributed by atoms with Crippen LogP contribution in [0.1, 0.15) is 19.4 Å². The lowest BCUT2D eigenvalue weighted by molar-refractivity contribution is -0.130. The maximum Gasteiger partial charge on any atom is 0.325 e. The Morgan fingerprint density at radius 2 is 1.90 bits per heavy atom. The number of benzene rings is 1. The van der Waals surface area contributed by atoms with Crippen molar-refractivity contribution < 1.29 is 14.3 Å². The van der Waals surface area contributed by atoms with Gasteiger partial charge in [-0.15, -0.1) is 0 Å². The maximum absolute atomic E-state index is 12.0. The van der Waals surface area contributed by atoms with E-state index >= 15 is 0 Å². The molecule has 0 aromatic heterocycles. The van der Waals surface area contributed by atoms with Crippen molar-refractivity contribution in [3.8, 4) is 5.75 Å². The number of hydrogen-bond donors (Lipinski definition) is 2. The molecule has 21 heavy (non-hydrogen) atoms. The van der Waals surface area contributed by atoms with Crippen LogP contribution in [0, 0.1) is 0 Å². The zero-order valence-corrected chi connectivity index (χ0v) is 12.6. The van der Waals surface area contributed by atoms with E-state index in [9.17, 15) is 9.59 Å². The molecule has 1 aromatic rings. The summed E-state index contributed by atoms with van der Waals surface area (Å²) in [6.07, 6.45) is 0. The van der Waals surface area contributed by atoms with E-state index in [0.717, 1.165) is 12.3 Å². The predicted octanol–water partition coefficient (Wildman–Crippen LogP) is 1.12. The number of imide groups is 1. The SMILES string of the molecule is CNCc1ccc(OCCN2C(=O)NC(C)(C)C2=O)cc1. The first-order chi connectivity index (χ1) is 9.94. The quantitative estimate of drug-likeness (QED) is 0.770. The highest BCUT2D eigenvalue weighted by atomic mass is 16.5. The van der Waals surface area contributed by atoms with E-state index in [-0.39, 0.29) is 25.1 Å².